The van der Waals surface area contributed by atoms with Crippen molar-refractivity contribution < 1.29 is 23.8 Å². The quantitative estimate of drug-likeness (QED) is 0.336. The number of anilines is 1. The van der Waals surface area contributed by atoms with Crippen molar-refractivity contribution in [2.75, 3.05) is 26.1 Å². The molecule has 0 saturated heterocycles. The normalized spacial score (nSPS) is 10.8. The standard InChI is InChI=1S/C25H22ClN3O6S/c1-4-35-25(32)22-17-13-36-23(21(17)24(31)29(28-22)16-8-6-15(26)7-9-16)27-20(30)12-14-5-10-18(33-2)19(11-14)34-3/h5-11,13H,4,12H2,1-3H3,(H,27,30). The average molecular weight is 528 g/mol. The molecule has 0 radical (unpaired) electrons. The molecule has 0 unspecified atom stereocenters. The molecule has 11 heteroatoms. The summed E-state index contributed by atoms with van der Waals surface area (Å²) in [5, 5.41) is 9.92. The Balaban J connectivity index is 1.74. The summed E-state index contributed by atoms with van der Waals surface area (Å²) in [6.07, 6.45) is 0.0287. The van der Waals surface area contributed by atoms with Gasteiger partial charge in [-0.3, -0.25) is 9.59 Å². The van der Waals surface area contributed by atoms with Crippen LogP contribution in [0.15, 0.2) is 52.6 Å². The number of rotatable bonds is 8. The predicted molar refractivity (Wildman–Crippen MR) is 138 cm³/mol. The Morgan fingerprint density at radius 2 is 1.81 bits per heavy atom. The predicted octanol–water partition coefficient (Wildman–Crippen LogP) is 4.48. The molecule has 2 aromatic carbocycles. The SMILES string of the molecule is CCOC(=O)c1nn(-c2ccc(Cl)cc2)c(=O)c2c(NC(=O)Cc3ccc(OC)c(OC)c3)scc12. The molecule has 0 fully saturated rings. The number of nitrogens with one attached hydrogen (secondary N) is 1. The molecule has 0 spiro atoms. The highest BCUT2D eigenvalue weighted by molar-refractivity contribution is 7.16. The molecular weight excluding hydrogens is 506 g/mol. The van der Waals surface area contributed by atoms with Crippen LogP contribution in [-0.2, 0) is 16.0 Å². The summed E-state index contributed by atoms with van der Waals surface area (Å²) < 4.78 is 16.8. The smallest absolute Gasteiger partial charge is 0.359 e. The first-order valence-corrected chi connectivity index (χ1v) is 12.1. The lowest BCUT2D eigenvalue weighted by atomic mass is 10.1. The molecule has 0 saturated carbocycles. The lowest BCUT2D eigenvalue weighted by Gasteiger charge is -2.11. The molecule has 1 amide bonds. The number of carbonyl (C=O) groups excluding carboxylic acids is 2. The number of hydrogen-bond donors (Lipinski definition) is 1. The largest absolute Gasteiger partial charge is 0.493 e. The van der Waals surface area contributed by atoms with Crippen molar-refractivity contribution in [3.63, 3.8) is 0 Å². The first-order chi connectivity index (χ1) is 17.4. The van der Waals surface area contributed by atoms with E-state index in [4.69, 9.17) is 25.8 Å². The minimum Gasteiger partial charge on any atom is -0.493 e. The van der Waals surface area contributed by atoms with E-state index in [1.165, 1.54) is 14.2 Å². The second-order valence-electron chi connectivity index (χ2n) is 7.53. The summed E-state index contributed by atoms with van der Waals surface area (Å²) in [4.78, 5) is 39.0. The molecule has 0 aliphatic rings. The summed E-state index contributed by atoms with van der Waals surface area (Å²) in [6, 6.07) is 11.6. The number of hydrogen-bond acceptors (Lipinski definition) is 8. The highest BCUT2D eigenvalue weighted by atomic mass is 35.5. The summed E-state index contributed by atoms with van der Waals surface area (Å²) in [7, 11) is 3.04. The first kappa shape index (κ1) is 25.2. The zero-order valence-corrected chi connectivity index (χ0v) is 21.2. The Hall–Kier alpha value is -3.89. The maximum atomic E-state index is 13.5. The Bertz CT molecular complexity index is 1500. The lowest BCUT2D eigenvalue weighted by Crippen LogP contribution is -2.25. The molecule has 36 heavy (non-hydrogen) atoms. The van der Waals surface area contributed by atoms with Gasteiger partial charge in [0, 0.05) is 15.8 Å². The molecule has 1 N–H and O–H groups in total. The van der Waals surface area contributed by atoms with Gasteiger partial charge in [-0.1, -0.05) is 17.7 Å². The van der Waals surface area contributed by atoms with Crippen LogP contribution >= 0.6 is 22.9 Å². The third-order valence-corrected chi connectivity index (χ3v) is 6.41. The van der Waals surface area contributed by atoms with E-state index in [9.17, 15) is 14.4 Å². The van der Waals surface area contributed by atoms with E-state index in [0.29, 0.717) is 38.2 Å². The number of nitrogens with zero attached hydrogens (tertiary/aromatic N) is 2. The molecule has 4 aromatic rings. The maximum absolute atomic E-state index is 13.5. The van der Waals surface area contributed by atoms with Crippen LogP contribution in [0.3, 0.4) is 0 Å². The van der Waals surface area contributed by atoms with Crippen molar-refractivity contribution in [2.45, 2.75) is 13.3 Å². The van der Waals surface area contributed by atoms with Gasteiger partial charge >= 0.3 is 5.97 Å². The van der Waals surface area contributed by atoms with Gasteiger partial charge in [0.2, 0.25) is 5.91 Å². The van der Waals surface area contributed by atoms with Crippen molar-refractivity contribution in [1.82, 2.24) is 9.78 Å². The second-order valence-corrected chi connectivity index (χ2v) is 8.85. The maximum Gasteiger partial charge on any atom is 0.359 e. The Morgan fingerprint density at radius 3 is 2.47 bits per heavy atom. The summed E-state index contributed by atoms with van der Waals surface area (Å²) in [6.45, 7) is 1.82. The van der Waals surface area contributed by atoms with Gasteiger partial charge < -0.3 is 19.5 Å². The number of esters is 1. The van der Waals surface area contributed by atoms with E-state index in [2.05, 4.69) is 10.4 Å². The minimum atomic E-state index is -0.675. The van der Waals surface area contributed by atoms with Gasteiger partial charge in [-0.15, -0.1) is 11.3 Å². The molecular formula is C25H22ClN3O6S. The van der Waals surface area contributed by atoms with E-state index >= 15 is 0 Å². The van der Waals surface area contributed by atoms with Gasteiger partial charge in [-0.25, -0.2) is 4.79 Å². The number of aromatic nitrogens is 2. The number of methoxy groups -OCH3 is 2. The Labute approximate surface area is 215 Å². The van der Waals surface area contributed by atoms with Crippen molar-refractivity contribution >= 4 is 50.6 Å². The first-order valence-electron chi connectivity index (χ1n) is 10.8. The van der Waals surface area contributed by atoms with Crippen LogP contribution in [0.2, 0.25) is 5.02 Å². The molecule has 2 aromatic heterocycles. The van der Waals surface area contributed by atoms with Crippen LogP contribution in [0.1, 0.15) is 23.0 Å². The number of ether oxygens (including phenoxy) is 3. The van der Waals surface area contributed by atoms with Crippen LogP contribution in [0, 0.1) is 0 Å². The van der Waals surface area contributed by atoms with E-state index < -0.39 is 11.5 Å². The molecule has 186 valence electrons. The van der Waals surface area contributed by atoms with Crippen LogP contribution in [0.5, 0.6) is 11.5 Å². The molecule has 0 bridgehead atoms. The molecule has 9 nitrogen and oxygen atoms in total. The second kappa shape index (κ2) is 10.8. The fraction of sp³-hybridized carbons (Fsp3) is 0.200. The molecule has 0 atom stereocenters. The van der Waals surface area contributed by atoms with Crippen LogP contribution < -0.4 is 20.3 Å². The third kappa shape index (κ3) is 5.05. The van der Waals surface area contributed by atoms with Gasteiger partial charge in [0.1, 0.15) is 5.00 Å². The van der Waals surface area contributed by atoms with E-state index in [1.807, 2.05) is 0 Å². The molecule has 4 rings (SSSR count). The van der Waals surface area contributed by atoms with Crippen LogP contribution in [-0.4, -0.2) is 42.5 Å². The highest BCUT2D eigenvalue weighted by Crippen LogP contribution is 2.32. The van der Waals surface area contributed by atoms with Crippen LogP contribution in [0.25, 0.3) is 16.5 Å². The van der Waals surface area contributed by atoms with Gasteiger partial charge in [0.05, 0.1) is 38.3 Å². The van der Waals surface area contributed by atoms with E-state index in [1.54, 1.807) is 54.8 Å². The monoisotopic (exact) mass is 527 g/mol. The third-order valence-electron chi connectivity index (χ3n) is 5.26. The van der Waals surface area contributed by atoms with Crippen LogP contribution in [0.4, 0.5) is 5.00 Å². The lowest BCUT2D eigenvalue weighted by molar-refractivity contribution is -0.115. The Morgan fingerprint density at radius 1 is 1.08 bits per heavy atom. The highest BCUT2D eigenvalue weighted by Gasteiger charge is 2.23. The number of benzene rings is 2. The minimum absolute atomic E-state index is 0.0287. The zero-order valence-electron chi connectivity index (χ0n) is 19.7. The van der Waals surface area contributed by atoms with Crippen molar-refractivity contribution in [1.29, 1.82) is 0 Å². The molecule has 0 aliphatic carbocycles. The van der Waals surface area contributed by atoms with Crippen molar-refractivity contribution in [2.24, 2.45) is 0 Å². The fourth-order valence-electron chi connectivity index (χ4n) is 3.60. The number of carbonyl (C=O) groups is 2. The fourth-order valence-corrected chi connectivity index (χ4v) is 4.68. The molecule has 2 heterocycles. The molecule has 0 aliphatic heterocycles. The number of fused-ring (bicyclic) bond motifs is 1. The summed E-state index contributed by atoms with van der Waals surface area (Å²) in [5.41, 5.74) is 0.574. The topological polar surface area (TPSA) is 109 Å². The number of halogens is 1. The van der Waals surface area contributed by atoms with Gasteiger partial charge in [-0.2, -0.15) is 9.78 Å². The van der Waals surface area contributed by atoms with E-state index in [0.717, 1.165) is 16.0 Å². The average Bonchev–Trinajstić information content (AvgIpc) is 3.28. The van der Waals surface area contributed by atoms with Gasteiger partial charge in [-0.05, 0) is 48.9 Å². The van der Waals surface area contributed by atoms with Crippen molar-refractivity contribution in [3.05, 3.63) is 74.5 Å². The van der Waals surface area contributed by atoms with E-state index in [-0.39, 0.29) is 30.0 Å². The van der Waals surface area contributed by atoms with Crippen molar-refractivity contribution in [3.8, 4) is 17.2 Å². The number of thiophene rings is 1. The Kier molecular flexibility index (Phi) is 7.56. The van der Waals surface area contributed by atoms with Gasteiger partial charge in [0.15, 0.2) is 17.2 Å². The summed E-state index contributed by atoms with van der Waals surface area (Å²) >= 11 is 7.11. The summed E-state index contributed by atoms with van der Waals surface area (Å²) in [5.74, 6) is 0.0251. The zero-order chi connectivity index (χ0) is 25.8. The van der Waals surface area contributed by atoms with Gasteiger partial charge in [0.25, 0.3) is 5.56 Å². The number of amides is 1.